The Bertz CT molecular complexity index is 1440. The van der Waals surface area contributed by atoms with Crippen LogP contribution in [0.1, 0.15) is 112 Å². The molecule has 6 rings (SSSR count). The van der Waals surface area contributed by atoms with Crippen molar-refractivity contribution in [2.45, 2.75) is 118 Å². The number of carbonyl (C=O) groups is 2. The summed E-state index contributed by atoms with van der Waals surface area (Å²) in [6, 6.07) is 6.65. The van der Waals surface area contributed by atoms with Gasteiger partial charge in [-0.25, -0.2) is 4.79 Å². The van der Waals surface area contributed by atoms with E-state index in [-0.39, 0.29) is 45.2 Å². The fraction of sp³-hybridized carbons (Fsp3) is 0.700. The largest absolute Gasteiger partial charge is 0.508 e. The van der Waals surface area contributed by atoms with Crippen LogP contribution in [-0.4, -0.2) is 41.5 Å². The van der Waals surface area contributed by atoms with Crippen LogP contribution in [0.25, 0.3) is 6.08 Å². The normalized spacial score (nSPS) is 42.5. The maximum atomic E-state index is 13.5. The molecule has 5 aliphatic carbocycles. The summed E-state index contributed by atoms with van der Waals surface area (Å²) in [7, 11) is 1.56. The number of aliphatic hydroxyl groups excluding tert-OH is 1. The molecular formula is C40H56O6. The maximum Gasteiger partial charge on any atom is 0.331 e. The number of rotatable bonds is 4. The topological polar surface area (TPSA) is 93.1 Å². The number of hydrogen-bond acceptors (Lipinski definition) is 6. The number of carbonyl (C=O) groups excluding carboxylic acids is 2. The van der Waals surface area contributed by atoms with Crippen LogP contribution in [0.4, 0.5) is 0 Å². The Morgan fingerprint density at radius 1 is 0.891 bits per heavy atom. The van der Waals surface area contributed by atoms with E-state index in [0.717, 1.165) is 56.9 Å². The average molecular weight is 633 g/mol. The molecule has 0 heterocycles. The Hall–Kier alpha value is -2.60. The average Bonchev–Trinajstić information content (AvgIpc) is 2.98. The zero-order chi connectivity index (χ0) is 33.5. The van der Waals surface area contributed by atoms with Gasteiger partial charge in [0.05, 0.1) is 18.6 Å². The number of allylic oxidation sites excluding steroid dienone is 2. The van der Waals surface area contributed by atoms with Gasteiger partial charge in [0.1, 0.15) is 11.9 Å². The van der Waals surface area contributed by atoms with Crippen LogP contribution in [-0.2, 0) is 19.1 Å². The van der Waals surface area contributed by atoms with Crippen molar-refractivity contribution in [2.24, 2.45) is 50.2 Å². The number of hydrogen-bond donors (Lipinski definition) is 2. The number of esters is 2. The molecule has 0 radical (unpaired) electrons. The molecule has 4 fully saturated rings. The van der Waals surface area contributed by atoms with Gasteiger partial charge in [0, 0.05) is 11.5 Å². The number of phenolic OH excluding ortho intramolecular Hbond substituents is 1. The highest BCUT2D eigenvalue weighted by Crippen LogP contribution is 2.76. The second-order valence-corrected chi connectivity index (χ2v) is 17.7. The number of benzene rings is 1. The molecule has 9 atom stereocenters. The summed E-state index contributed by atoms with van der Waals surface area (Å²) >= 11 is 0. The van der Waals surface area contributed by atoms with Gasteiger partial charge in [-0.1, -0.05) is 72.2 Å². The minimum absolute atomic E-state index is 0.0189. The van der Waals surface area contributed by atoms with Gasteiger partial charge < -0.3 is 19.7 Å². The third kappa shape index (κ3) is 4.82. The second kappa shape index (κ2) is 11.0. The number of aromatic hydroxyl groups is 1. The van der Waals surface area contributed by atoms with Crippen molar-refractivity contribution in [3.8, 4) is 5.75 Å². The molecule has 0 aliphatic heterocycles. The molecule has 2 N–H and O–H groups in total. The van der Waals surface area contributed by atoms with Crippen molar-refractivity contribution in [3.05, 3.63) is 47.6 Å². The van der Waals surface area contributed by atoms with Crippen LogP contribution in [0.2, 0.25) is 0 Å². The monoisotopic (exact) mass is 632 g/mol. The summed E-state index contributed by atoms with van der Waals surface area (Å²) in [4.78, 5) is 26.6. The van der Waals surface area contributed by atoms with Crippen molar-refractivity contribution in [1.82, 2.24) is 0 Å². The van der Waals surface area contributed by atoms with Crippen molar-refractivity contribution >= 4 is 18.0 Å². The fourth-order valence-electron chi connectivity index (χ4n) is 12.1. The SMILES string of the molecule is COC(=O)C12CCC(C)(C)CC1C1=CCC3C4(C)CC(O)C(OC(=O)C=Cc5ccc(O)cc5)C(C)(C)C4CCC3(C)C1(C)CC2. The highest BCUT2D eigenvalue weighted by molar-refractivity contribution is 5.87. The predicted molar refractivity (Wildman–Crippen MR) is 179 cm³/mol. The minimum Gasteiger partial charge on any atom is -0.508 e. The minimum atomic E-state index is -0.764. The van der Waals surface area contributed by atoms with E-state index in [2.05, 4.69) is 54.5 Å². The summed E-state index contributed by atoms with van der Waals surface area (Å²) in [6.07, 6.45) is 12.7. The Balaban J connectivity index is 1.29. The van der Waals surface area contributed by atoms with Crippen LogP contribution in [0, 0.1) is 50.2 Å². The standard InChI is InChI=1S/C40H56O6/c1-35(2)19-21-40(34(44)45-8)22-20-38(6)27(28(40)23-35)14-15-31-37(5)24-29(42)33(36(3,4)30(37)17-18-39(31,38)7)46-32(43)16-11-25-9-12-26(41)13-10-25/h9-14,16,28-31,33,41-42H,15,17-24H2,1-8H3. The first-order valence-corrected chi connectivity index (χ1v) is 17.6. The lowest BCUT2D eigenvalue weighted by molar-refractivity contribution is -0.238. The van der Waals surface area contributed by atoms with Crippen molar-refractivity contribution < 1.29 is 29.3 Å². The third-order valence-electron chi connectivity index (χ3n) is 14.7. The Morgan fingerprint density at radius 2 is 1.57 bits per heavy atom. The van der Waals surface area contributed by atoms with E-state index in [1.54, 1.807) is 37.5 Å². The Kier molecular flexibility index (Phi) is 7.94. The van der Waals surface area contributed by atoms with E-state index in [4.69, 9.17) is 9.47 Å². The summed E-state index contributed by atoms with van der Waals surface area (Å²) in [5, 5.41) is 21.3. The first kappa shape index (κ1) is 33.3. The maximum absolute atomic E-state index is 13.5. The molecule has 0 saturated heterocycles. The molecule has 0 spiro atoms. The van der Waals surface area contributed by atoms with E-state index in [0.29, 0.717) is 12.3 Å². The molecule has 0 bridgehead atoms. The van der Waals surface area contributed by atoms with Gasteiger partial charge in [-0.2, -0.15) is 0 Å². The molecule has 1 aromatic carbocycles. The molecule has 0 amide bonds. The molecule has 4 saturated carbocycles. The smallest absolute Gasteiger partial charge is 0.331 e. The molecule has 9 unspecified atom stereocenters. The first-order chi connectivity index (χ1) is 21.4. The lowest BCUT2D eigenvalue weighted by Gasteiger charge is -2.71. The highest BCUT2D eigenvalue weighted by Gasteiger charge is 2.70. The van der Waals surface area contributed by atoms with Gasteiger partial charge in [-0.05, 0) is 121 Å². The predicted octanol–water partition coefficient (Wildman–Crippen LogP) is 8.26. The van der Waals surface area contributed by atoms with Crippen molar-refractivity contribution in [2.75, 3.05) is 7.11 Å². The van der Waals surface area contributed by atoms with Crippen molar-refractivity contribution in [3.63, 3.8) is 0 Å². The van der Waals surface area contributed by atoms with Gasteiger partial charge in [-0.15, -0.1) is 0 Å². The lowest BCUT2D eigenvalue weighted by Crippen LogP contribution is -2.67. The third-order valence-corrected chi connectivity index (χ3v) is 14.7. The van der Waals surface area contributed by atoms with Gasteiger partial charge >= 0.3 is 11.9 Å². The molecule has 46 heavy (non-hydrogen) atoms. The molecule has 6 heteroatoms. The number of phenols is 1. The second-order valence-electron chi connectivity index (χ2n) is 17.7. The van der Waals surface area contributed by atoms with E-state index in [9.17, 15) is 19.8 Å². The van der Waals surface area contributed by atoms with Crippen LogP contribution in [0.3, 0.4) is 0 Å². The van der Waals surface area contributed by atoms with Gasteiger partial charge in [0.2, 0.25) is 0 Å². The van der Waals surface area contributed by atoms with Crippen LogP contribution in [0.15, 0.2) is 42.0 Å². The lowest BCUT2D eigenvalue weighted by atomic mass is 9.33. The zero-order valence-electron chi connectivity index (χ0n) is 29.3. The Morgan fingerprint density at radius 3 is 2.24 bits per heavy atom. The summed E-state index contributed by atoms with van der Waals surface area (Å²) in [5.74, 6) is 0.554. The molecule has 6 nitrogen and oxygen atoms in total. The summed E-state index contributed by atoms with van der Waals surface area (Å²) in [5.41, 5.74) is 1.51. The van der Waals surface area contributed by atoms with Gasteiger partial charge in [0.15, 0.2) is 0 Å². The van der Waals surface area contributed by atoms with Crippen LogP contribution < -0.4 is 0 Å². The van der Waals surface area contributed by atoms with Gasteiger partial charge in [-0.3, -0.25) is 4.79 Å². The fourth-order valence-corrected chi connectivity index (χ4v) is 12.1. The van der Waals surface area contributed by atoms with E-state index in [1.165, 1.54) is 11.6 Å². The van der Waals surface area contributed by atoms with E-state index >= 15 is 0 Å². The van der Waals surface area contributed by atoms with E-state index < -0.39 is 29.0 Å². The van der Waals surface area contributed by atoms with E-state index in [1.807, 2.05) is 0 Å². The zero-order valence-corrected chi connectivity index (χ0v) is 29.3. The van der Waals surface area contributed by atoms with Crippen molar-refractivity contribution in [1.29, 1.82) is 0 Å². The highest BCUT2D eigenvalue weighted by atomic mass is 16.6. The molecule has 1 aromatic rings. The number of fused-ring (bicyclic) bond motifs is 7. The quantitative estimate of drug-likeness (QED) is 0.197. The van der Waals surface area contributed by atoms with Crippen LogP contribution >= 0.6 is 0 Å². The van der Waals surface area contributed by atoms with Crippen LogP contribution in [0.5, 0.6) is 5.75 Å². The molecule has 5 aliphatic rings. The molecule has 252 valence electrons. The van der Waals surface area contributed by atoms with Gasteiger partial charge in [0.25, 0.3) is 0 Å². The first-order valence-electron chi connectivity index (χ1n) is 17.6. The number of ether oxygens (including phenoxy) is 2. The molecule has 0 aromatic heterocycles. The Labute approximate surface area is 276 Å². The number of aliphatic hydroxyl groups is 1. The molecular weight excluding hydrogens is 576 g/mol. The summed E-state index contributed by atoms with van der Waals surface area (Å²) < 4.78 is 11.6. The number of methoxy groups -OCH3 is 1. The summed E-state index contributed by atoms with van der Waals surface area (Å²) in [6.45, 7) is 16.5.